The molecular weight excluding hydrogens is 139 g/mol. The molecule has 0 saturated heterocycles. The molecule has 0 aromatic heterocycles. The Morgan fingerprint density at radius 1 is 1.40 bits per heavy atom. The van der Waals surface area contributed by atoms with Crippen LogP contribution in [0.4, 0.5) is 4.70 Å². The van der Waals surface area contributed by atoms with Crippen molar-refractivity contribution in [1.82, 2.24) is 0 Å². The van der Waals surface area contributed by atoms with Gasteiger partial charge in [0, 0.05) is 0 Å². The van der Waals surface area contributed by atoms with Gasteiger partial charge >= 0.3 is 63.5 Å². The maximum atomic E-state index is 8.50. The average Bonchev–Trinajstić information content (AvgIpc) is 0.918. The molecule has 5 heteroatoms. The van der Waals surface area contributed by atoms with Gasteiger partial charge in [-0.05, 0) is 0 Å². The fourth-order valence-electron chi connectivity index (χ4n) is 0. The normalized spacial score (nSPS) is 1.60. The standard InChI is InChI=1S/Ca.FH.2O.Ti.2H/h;1H;;;;;/q+2;;;;;2*-1. The first kappa shape index (κ1) is 16.0. The minimum absolute atomic E-state index is 0. The molecular formula is H3CaFO2Ti. The summed E-state index contributed by atoms with van der Waals surface area (Å²) in [6, 6.07) is 0. The van der Waals surface area contributed by atoms with Gasteiger partial charge < -0.3 is 2.85 Å². The molecule has 0 radical (unpaired) electrons. The van der Waals surface area contributed by atoms with E-state index in [1.807, 2.05) is 0 Å². The molecule has 0 bridgehead atoms. The van der Waals surface area contributed by atoms with Crippen molar-refractivity contribution in [1.29, 1.82) is 0 Å². The maximum absolute atomic E-state index is 8.50. The first-order valence-corrected chi connectivity index (χ1v) is 1.68. The fourth-order valence-corrected chi connectivity index (χ4v) is 0. The molecule has 28 valence electrons. The Labute approximate surface area is 70.2 Å². The second-order valence-corrected chi connectivity index (χ2v) is 0.344. The van der Waals surface area contributed by atoms with E-state index in [2.05, 4.69) is 0 Å². The number of hydrogen-bond acceptors (Lipinski definition) is 2. The second kappa shape index (κ2) is 17.8. The zero-order valence-electron chi connectivity index (χ0n) is 4.43. The van der Waals surface area contributed by atoms with Crippen LogP contribution in [0.3, 0.4) is 0 Å². The van der Waals surface area contributed by atoms with E-state index >= 15 is 0 Å². The Kier molecular flexibility index (Phi) is 57.2. The minimum atomic E-state index is -2.00. The van der Waals surface area contributed by atoms with Crippen molar-refractivity contribution in [2.45, 2.75) is 0 Å². The Balaban J connectivity index is -0.00000000333. The van der Waals surface area contributed by atoms with Crippen molar-refractivity contribution < 1.29 is 33.3 Å². The van der Waals surface area contributed by atoms with Crippen LogP contribution in [0.15, 0.2) is 0 Å². The van der Waals surface area contributed by atoms with Crippen LogP contribution in [0.5, 0.6) is 0 Å². The van der Waals surface area contributed by atoms with Crippen LogP contribution in [-0.2, 0) is 25.7 Å². The van der Waals surface area contributed by atoms with Crippen LogP contribution in [0.1, 0.15) is 2.85 Å². The first-order valence-electron chi connectivity index (χ1n) is 0.408. The van der Waals surface area contributed by atoms with Gasteiger partial charge in [-0.15, -0.1) is 0 Å². The molecule has 0 atom stereocenters. The van der Waals surface area contributed by atoms with Crippen molar-refractivity contribution in [2.24, 2.45) is 0 Å². The zero-order valence-corrected chi connectivity index (χ0v) is 6.20. The molecule has 5 heavy (non-hydrogen) atoms. The summed E-state index contributed by atoms with van der Waals surface area (Å²) in [5, 5.41) is 0. The topological polar surface area (TPSA) is 34.1 Å². The van der Waals surface area contributed by atoms with Gasteiger partial charge in [0.15, 0.2) is 0 Å². The predicted molar refractivity (Wildman–Crippen MR) is 11.9 cm³/mol. The van der Waals surface area contributed by atoms with Crippen LogP contribution in [0, 0.1) is 0 Å². The van der Waals surface area contributed by atoms with Crippen LogP contribution < -0.4 is 0 Å². The molecule has 0 fully saturated rings. The number of hydrogen-bond donors (Lipinski definition) is 0. The molecule has 0 saturated carbocycles. The van der Waals surface area contributed by atoms with E-state index in [1.165, 1.54) is 0 Å². The van der Waals surface area contributed by atoms with Gasteiger partial charge in [0.1, 0.15) is 0 Å². The summed E-state index contributed by atoms with van der Waals surface area (Å²) < 4.78 is 17.0. The van der Waals surface area contributed by atoms with E-state index in [-0.39, 0.29) is 45.3 Å². The molecule has 0 spiro atoms. The van der Waals surface area contributed by atoms with E-state index in [0.29, 0.717) is 0 Å². The third kappa shape index (κ3) is 29.9. The van der Waals surface area contributed by atoms with Gasteiger partial charge in [0.25, 0.3) is 0 Å². The molecule has 0 amide bonds. The summed E-state index contributed by atoms with van der Waals surface area (Å²) >= 11 is -2.00. The zero-order chi connectivity index (χ0) is 2.71. The van der Waals surface area contributed by atoms with Crippen molar-refractivity contribution >= 4 is 37.7 Å². The van der Waals surface area contributed by atoms with Crippen LogP contribution >= 0.6 is 0 Å². The predicted octanol–water partition coefficient (Wildman–Crippen LogP) is -0.243. The van der Waals surface area contributed by atoms with E-state index in [0.717, 1.165) is 0 Å². The third-order valence-corrected chi connectivity index (χ3v) is 0. The Hall–Kier alpha value is 1.50. The van der Waals surface area contributed by atoms with E-state index in [4.69, 9.17) is 6.65 Å². The van der Waals surface area contributed by atoms with Gasteiger partial charge in [-0.2, -0.15) is 0 Å². The summed E-state index contributed by atoms with van der Waals surface area (Å²) in [5.41, 5.74) is 0. The van der Waals surface area contributed by atoms with E-state index in [9.17, 15) is 0 Å². The summed E-state index contributed by atoms with van der Waals surface area (Å²) in [4.78, 5) is 0. The van der Waals surface area contributed by atoms with Gasteiger partial charge in [0.2, 0.25) is 0 Å². The summed E-state index contributed by atoms with van der Waals surface area (Å²) in [5.74, 6) is 0. The van der Waals surface area contributed by atoms with E-state index in [1.54, 1.807) is 0 Å². The Morgan fingerprint density at radius 3 is 1.40 bits per heavy atom. The molecule has 0 heterocycles. The Morgan fingerprint density at radius 2 is 1.40 bits per heavy atom. The molecule has 0 aromatic carbocycles. The molecule has 0 unspecified atom stereocenters. The van der Waals surface area contributed by atoms with Crippen LogP contribution in [0.2, 0.25) is 0 Å². The van der Waals surface area contributed by atoms with Crippen molar-refractivity contribution in [3.05, 3.63) is 0 Å². The molecule has 0 aliphatic carbocycles. The van der Waals surface area contributed by atoms with Gasteiger partial charge in [-0.25, -0.2) is 0 Å². The van der Waals surface area contributed by atoms with Crippen molar-refractivity contribution in [3.63, 3.8) is 0 Å². The Bertz CT molecular complexity index is 36.7. The number of rotatable bonds is 0. The number of halogens is 1. The fraction of sp³-hybridized carbons (Fsp3) is 0. The first-order chi connectivity index (χ1) is 1.41. The monoisotopic (exact) mass is 142 g/mol. The summed E-state index contributed by atoms with van der Waals surface area (Å²) in [6.07, 6.45) is 0. The van der Waals surface area contributed by atoms with Crippen LogP contribution in [0.25, 0.3) is 0 Å². The second-order valence-electron chi connectivity index (χ2n) is 0.0833. The van der Waals surface area contributed by atoms with Gasteiger partial charge in [-0.3, -0.25) is 4.70 Å². The van der Waals surface area contributed by atoms with Crippen molar-refractivity contribution in [3.8, 4) is 0 Å². The average molecular weight is 142 g/mol. The van der Waals surface area contributed by atoms with Gasteiger partial charge in [-0.1, -0.05) is 0 Å². The molecule has 0 rings (SSSR count). The molecule has 2 nitrogen and oxygen atoms in total. The summed E-state index contributed by atoms with van der Waals surface area (Å²) in [7, 11) is 0. The molecule has 0 aliphatic heterocycles. The molecule has 0 aromatic rings. The third-order valence-electron chi connectivity index (χ3n) is 0. The van der Waals surface area contributed by atoms with Gasteiger partial charge in [0.05, 0.1) is 0 Å². The summed E-state index contributed by atoms with van der Waals surface area (Å²) in [6.45, 7) is 0. The molecule has 0 N–H and O–H groups in total. The van der Waals surface area contributed by atoms with Crippen molar-refractivity contribution in [2.75, 3.05) is 0 Å². The SMILES string of the molecule is F.[Ca+2].[H-].[H-].[O]=[Ti]=[O]. The quantitative estimate of drug-likeness (QED) is 0.437. The van der Waals surface area contributed by atoms with Crippen LogP contribution in [-0.4, -0.2) is 37.7 Å². The molecule has 0 aliphatic rings. The van der Waals surface area contributed by atoms with E-state index < -0.39 is 19.1 Å².